The fraction of sp³-hybridized carbons (Fsp3) is 0.652. The smallest absolute Gasteiger partial charge is 0.329 e. The number of likely N-dealkylation sites (tertiary alicyclic amines) is 2. The van der Waals surface area contributed by atoms with E-state index < -0.39 is 6.04 Å². The van der Waals surface area contributed by atoms with E-state index >= 15 is 0 Å². The van der Waals surface area contributed by atoms with Crippen molar-refractivity contribution in [3.8, 4) is 0 Å². The molecule has 0 saturated carbocycles. The molecule has 0 unspecified atom stereocenters. The van der Waals surface area contributed by atoms with E-state index in [-0.39, 0.29) is 29.9 Å². The van der Waals surface area contributed by atoms with Gasteiger partial charge in [0.15, 0.2) is 0 Å². The number of benzene rings is 1. The van der Waals surface area contributed by atoms with Gasteiger partial charge < -0.3 is 14.4 Å². The van der Waals surface area contributed by atoms with Crippen LogP contribution in [0.4, 0.5) is 0 Å². The largest absolute Gasteiger partial charge is 0.459 e. The number of amides is 1. The van der Waals surface area contributed by atoms with Gasteiger partial charge in [-0.05, 0) is 37.3 Å². The molecular weight excluding hydrogens is 368 g/mol. The molecule has 3 saturated heterocycles. The monoisotopic (exact) mass is 400 g/mol. The first-order valence-corrected chi connectivity index (χ1v) is 10.8. The Hall–Kier alpha value is -1.92. The minimum Gasteiger partial charge on any atom is -0.459 e. The molecule has 1 spiro atoms. The summed E-state index contributed by atoms with van der Waals surface area (Å²) in [7, 11) is 0. The van der Waals surface area contributed by atoms with Gasteiger partial charge in [0.25, 0.3) is 0 Å². The number of carbonyl (C=O) groups is 2. The van der Waals surface area contributed by atoms with Crippen LogP contribution in [0.3, 0.4) is 0 Å². The number of nitrogens with zero attached hydrogens (tertiary/aromatic N) is 2. The minimum atomic E-state index is -0.536. The van der Waals surface area contributed by atoms with Crippen molar-refractivity contribution in [2.75, 3.05) is 26.3 Å². The standard InChI is InChI=1S/C23H32N2O4/c1-17(2)21(22(27)29-13-18-7-4-3-5-8-18)25-20(26)9-11-23(25)10-6-12-24(16-23)19-14-28-15-19/h3-5,7-8,17,19,21H,6,9-16H2,1-2H3/t21-,23-/m0/s1. The van der Waals surface area contributed by atoms with Crippen LogP contribution < -0.4 is 0 Å². The summed E-state index contributed by atoms with van der Waals surface area (Å²) in [5.41, 5.74) is 0.700. The van der Waals surface area contributed by atoms with Gasteiger partial charge in [-0.2, -0.15) is 0 Å². The van der Waals surface area contributed by atoms with Crippen LogP contribution >= 0.6 is 0 Å². The van der Waals surface area contributed by atoms with E-state index in [1.807, 2.05) is 49.1 Å². The molecule has 0 aromatic heterocycles. The van der Waals surface area contributed by atoms with Gasteiger partial charge in [-0.25, -0.2) is 4.79 Å². The number of piperidine rings is 1. The first kappa shape index (κ1) is 20.4. The lowest BCUT2D eigenvalue weighted by atomic mass is 9.83. The highest BCUT2D eigenvalue weighted by Gasteiger charge is 2.53. The quantitative estimate of drug-likeness (QED) is 0.687. The average Bonchev–Trinajstić information content (AvgIpc) is 2.96. The van der Waals surface area contributed by atoms with Crippen molar-refractivity contribution in [3.63, 3.8) is 0 Å². The maximum Gasteiger partial charge on any atom is 0.329 e. The summed E-state index contributed by atoms with van der Waals surface area (Å²) >= 11 is 0. The Kier molecular flexibility index (Phi) is 5.93. The minimum absolute atomic E-state index is 0.000360. The molecule has 0 aliphatic carbocycles. The van der Waals surface area contributed by atoms with Gasteiger partial charge >= 0.3 is 5.97 Å². The van der Waals surface area contributed by atoms with Crippen molar-refractivity contribution in [1.82, 2.24) is 9.80 Å². The van der Waals surface area contributed by atoms with E-state index in [0.717, 1.165) is 51.1 Å². The molecule has 0 N–H and O–H groups in total. The zero-order valence-corrected chi connectivity index (χ0v) is 17.5. The summed E-state index contributed by atoms with van der Waals surface area (Å²) in [6.45, 7) is 7.68. The van der Waals surface area contributed by atoms with Crippen LogP contribution in [0.1, 0.15) is 45.1 Å². The lowest BCUT2D eigenvalue weighted by Crippen LogP contribution is -2.65. The lowest BCUT2D eigenvalue weighted by molar-refractivity contribution is -0.164. The van der Waals surface area contributed by atoms with E-state index in [4.69, 9.17) is 9.47 Å². The Morgan fingerprint density at radius 1 is 1.24 bits per heavy atom. The van der Waals surface area contributed by atoms with E-state index in [2.05, 4.69) is 4.90 Å². The number of carbonyl (C=O) groups excluding carboxylic acids is 2. The van der Waals surface area contributed by atoms with E-state index in [1.54, 1.807) is 0 Å². The van der Waals surface area contributed by atoms with Crippen LogP contribution in [-0.2, 0) is 25.7 Å². The van der Waals surface area contributed by atoms with Gasteiger partial charge in [-0.1, -0.05) is 44.2 Å². The fourth-order valence-corrected chi connectivity index (χ4v) is 5.08. The number of rotatable bonds is 6. The molecule has 1 amide bonds. The third-order valence-corrected chi connectivity index (χ3v) is 6.68. The van der Waals surface area contributed by atoms with Gasteiger partial charge in [0.1, 0.15) is 12.6 Å². The molecule has 3 aliphatic heterocycles. The highest BCUT2D eigenvalue weighted by molar-refractivity contribution is 5.87. The first-order chi connectivity index (χ1) is 14.0. The van der Waals surface area contributed by atoms with Crippen molar-refractivity contribution < 1.29 is 19.1 Å². The molecule has 29 heavy (non-hydrogen) atoms. The van der Waals surface area contributed by atoms with Crippen molar-refractivity contribution in [2.45, 2.75) is 63.8 Å². The predicted molar refractivity (Wildman–Crippen MR) is 109 cm³/mol. The number of hydrogen-bond acceptors (Lipinski definition) is 5. The molecule has 158 valence electrons. The Balaban J connectivity index is 1.52. The maximum absolute atomic E-state index is 13.1. The lowest BCUT2D eigenvalue weighted by Gasteiger charge is -2.51. The second-order valence-corrected chi connectivity index (χ2v) is 9.04. The highest BCUT2D eigenvalue weighted by atomic mass is 16.5. The molecule has 6 nitrogen and oxygen atoms in total. The average molecular weight is 401 g/mol. The van der Waals surface area contributed by atoms with Gasteiger partial charge in [0.2, 0.25) is 5.91 Å². The van der Waals surface area contributed by atoms with E-state index in [1.165, 1.54) is 0 Å². The van der Waals surface area contributed by atoms with Gasteiger partial charge in [0.05, 0.1) is 24.8 Å². The van der Waals surface area contributed by atoms with Crippen LogP contribution in [-0.4, -0.2) is 65.6 Å². The molecule has 1 aromatic rings. The van der Waals surface area contributed by atoms with Gasteiger partial charge in [-0.3, -0.25) is 9.69 Å². The van der Waals surface area contributed by atoms with Crippen LogP contribution in [0.2, 0.25) is 0 Å². The Morgan fingerprint density at radius 2 is 2.00 bits per heavy atom. The normalized spacial score (nSPS) is 26.7. The van der Waals surface area contributed by atoms with E-state index in [0.29, 0.717) is 12.5 Å². The molecule has 1 aromatic carbocycles. The Morgan fingerprint density at radius 3 is 2.66 bits per heavy atom. The van der Waals surface area contributed by atoms with E-state index in [9.17, 15) is 9.59 Å². The summed E-state index contributed by atoms with van der Waals surface area (Å²) in [5.74, 6) is -0.200. The molecule has 3 aliphatic rings. The Labute approximate surface area is 173 Å². The predicted octanol–water partition coefficient (Wildman–Crippen LogP) is 2.61. The van der Waals surface area contributed by atoms with Crippen LogP contribution in [0.25, 0.3) is 0 Å². The second kappa shape index (κ2) is 8.44. The van der Waals surface area contributed by atoms with Crippen molar-refractivity contribution in [2.24, 2.45) is 5.92 Å². The van der Waals surface area contributed by atoms with Crippen LogP contribution in [0.5, 0.6) is 0 Å². The molecule has 4 rings (SSSR count). The summed E-state index contributed by atoms with van der Waals surface area (Å²) in [4.78, 5) is 30.5. The van der Waals surface area contributed by atoms with Crippen molar-refractivity contribution >= 4 is 11.9 Å². The number of esters is 1. The topological polar surface area (TPSA) is 59.1 Å². The number of hydrogen-bond donors (Lipinski definition) is 0. The maximum atomic E-state index is 13.1. The molecular formula is C23H32N2O4. The molecule has 2 atom stereocenters. The van der Waals surface area contributed by atoms with Gasteiger partial charge in [-0.15, -0.1) is 0 Å². The highest BCUT2D eigenvalue weighted by Crippen LogP contribution is 2.41. The molecule has 0 radical (unpaired) electrons. The first-order valence-electron chi connectivity index (χ1n) is 10.8. The summed E-state index contributed by atoms with van der Waals surface area (Å²) in [5, 5.41) is 0. The van der Waals surface area contributed by atoms with Crippen molar-refractivity contribution in [1.29, 1.82) is 0 Å². The van der Waals surface area contributed by atoms with Crippen molar-refractivity contribution in [3.05, 3.63) is 35.9 Å². The molecule has 0 bridgehead atoms. The second-order valence-electron chi connectivity index (χ2n) is 9.04. The number of ether oxygens (including phenoxy) is 2. The fourth-order valence-electron chi connectivity index (χ4n) is 5.08. The summed E-state index contributed by atoms with van der Waals surface area (Å²) in [6.07, 6.45) is 3.34. The molecule has 6 heteroatoms. The zero-order chi connectivity index (χ0) is 20.4. The zero-order valence-electron chi connectivity index (χ0n) is 17.5. The van der Waals surface area contributed by atoms with Gasteiger partial charge in [0, 0.05) is 13.0 Å². The van der Waals surface area contributed by atoms with Crippen LogP contribution in [0.15, 0.2) is 30.3 Å². The summed E-state index contributed by atoms with van der Waals surface area (Å²) < 4.78 is 11.1. The summed E-state index contributed by atoms with van der Waals surface area (Å²) in [6, 6.07) is 9.61. The third-order valence-electron chi connectivity index (χ3n) is 6.68. The van der Waals surface area contributed by atoms with Crippen LogP contribution in [0, 0.1) is 5.92 Å². The molecule has 3 fully saturated rings. The Bertz CT molecular complexity index is 734. The third kappa shape index (κ3) is 4.05. The molecule has 3 heterocycles. The SMILES string of the molecule is CC(C)[C@@H](C(=O)OCc1ccccc1)N1C(=O)CC[C@]12CCCN(C1COC1)C2.